The number of halogens is 2. The molecule has 0 saturated heterocycles. The Kier molecular flexibility index (Phi) is 5.75. The van der Waals surface area contributed by atoms with Crippen LogP contribution in [0.2, 0.25) is 0 Å². The number of nitrogens with zero attached hydrogens (tertiary/aromatic N) is 2. The molecule has 0 unspecified atom stereocenters. The summed E-state index contributed by atoms with van der Waals surface area (Å²) < 4.78 is 21.0. The van der Waals surface area contributed by atoms with Gasteiger partial charge >= 0.3 is 0 Å². The van der Waals surface area contributed by atoms with Gasteiger partial charge in [0.15, 0.2) is 0 Å². The molecule has 31 heavy (non-hydrogen) atoms. The number of fused-ring (bicyclic) bond motifs is 3. The Morgan fingerprint density at radius 2 is 2.03 bits per heavy atom. The molecule has 1 amide bonds. The van der Waals surface area contributed by atoms with E-state index in [2.05, 4.69) is 10.3 Å². The molecule has 5 rings (SSSR count). The van der Waals surface area contributed by atoms with Crippen molar-refractivity contribution in [2.24, 2.45) is 0 Å². The average molecular weight is 458 g/mol. The van der Waals surface area contributed by atoms with Crippen molar-refractivity contribution in [1.29, 1.82) is 0 Å². The van der Waals surface area contributed by atoms with Gasteiger partial charge in [-0.2, -0.15) is 4.39 Å². The maximum Gasteiger partial charge on any atom is 0.261 e. The molecule has 158 valence electrons. The summed E-state index contributed by atoms with van der Waals surface area (Å²) in [6.45, 7) is 0.833. The zero-order chi connectivity index (χ0) is 20.7. The molecule has 1 N–H and O–H groups in total. The van der Waals surface area contributed by atoms with Crippen LogP contribution in [0, 0.1) is 5.95 Å². The third-order valence-electron chi connectivity index (χ3n) is 5.01. The van der Waals surface area contributed by atoms with Crippen LogP contribution in [-0.2, 0) is 13.0 Å². The minimum absolute atomic E-state index is 0. The molecule has 0 spiro atoms. The Hall–Kier alpha value is -3.23. The van der Waals surface area contributed by atoms with Gasteiger partial charge in [-0.05, 0) is 47.7 Å². The number of benzene rings is 1. The van der Waals surface area contributed by atoms with Crippen molar-refractivity contribution in [3.63, 3.8) is 0 Å². The van der Waals surface area contributed by atoms with Crippen molar-refractivity contribution >= 4 is 39.7 Å². The minimum atomic E-state index is -0.550. The summed E-state index contributed by atoms with van der Waals surface area (Å²) in [7, 11) is 0. The van der Waals surface area contributed by atoms with Gasteiger partial charge in [0.1, 0.15) is 12.4 Å². The molecule has 1 aliphatic heterocycles. The van der Waals surface area contributed by atoms with Gasteiger partial charge in [0.2, 0.25) is 5.95 Å². The fourth-order valence-corrected chi connectivity index (χ4v) is 4.72. The SMILES string of the molecule is Cl.O=C1NCCc2c1sc1cc(-n3ccc(OCc4ccc(F)nc4)cc3=O)ccc21. The van der Waals surface area contributed by atoms with Crippen LogP contribution in [0.3, 0.4) is 0 Å². The van der Waals surface area contributed by atoms with Crippen molar-refractivity contribution in [2.45, 2.75) is 13.0 Å². The van der Waals surface area contributed by atoms with Crippen LogP contribution in [0.15, 0.2) is 59.7 Å². The van der Waals surface area contributed by atoms with E-state index in [1.54, 1.807) is 18.3 Å². The summed E-state index contributed by atoms with van der Waals surface area (Å²) in [6, 6.07) is 11.7. The third kappa shape index (κ3) is 4.04. The lowest BCUT2D eigenvalue weighted by molar-refractivity contribution is 0.0951. The number of aromatic nitrogens is 2. The van der Waals surface area contributed by atoms with Crippen molar-refractivity contribution in [2.75, 3.05) is 6.54 Å². The minimum Gasteiger partial charge on any atom is -0.489 e. The molecular formula is C22H17ClFN3O3S. The number of carbonyl (C=O) groups is 1. The van der Waals surface area contributed by atoms with E-state index >= 15 is 0 Å². The molecule has 4 aromatic rings. The van der Waals surface area contributed by atoms with Gasteiger partial charge in [-0.3, -0.25) is 14.2 Å². The first-order chi connectivity index (χ1) is 14.6. The second-order valence-corrected chi connectivity index (χ2v) is 8.00. The van der Waals surface area contributed by atoms with Crippen molar-refractivity contribution in [3.8, 4) is 11.4 Å². The molecule has 1 aromatic carbocycles. The van der Waals surface area contributed by atoms with E-state index in [-0.39, 0.29) is 30.5 Å². The summed E-state index contributed by atoms with van der Waals surface area (Å²) in [5.41, 5.74) is 2.28. The molecule has 0 fully saturated rings. The Labute approximate surface area is 186 Å². The van der Waals surface area contributed by atoms with Crippen LogP contribution in [0.1, 0.15) is 20.8 Å². The normalized spacial score (nSPS) is 12.7. The first kappa shape index (κ1) is 21.0. The standard InChI is InChI=1S/C22H16FN3O3S.ClH/c23-19-4-1-13(11-25-19)12-29-15-6-8-26(20(27)10-15)14-2-3-16-17-5-7-24-22(28)21(17)30-18(16)9-14;/h1-4,6,8-11H,5,7,12H2,(H,24,28);1H. The highest BCUT2D eigenvalue weighted by atomic mass is 35.5. The fraction of sp³-hybridized carbons (Fsp3) is 0.136. The monoisotopic (exact) mass is 457 g/mol. The number of ether oxygens (including phenoxy) is 1. The van der Waals surface area contributed by atoms with E-state index in [1.165, 1.54) is 34.2 Å². The van der Waals surface area contributed by atoms with Gasteiger partial charge in [0.25, 0.3) is 11.5 Å². The topological polar surface area (TPSA) is 73.2 Å². The molecule has 0 saturated carbocycles. The Morgan fingerprint density at radius 1 is 1.16 bits per heavy atom. The number of hydrogen-bond donors (Lipinski definition) is 1. The van der Waals surface area contributed by atoms with Crippen LogP contribution >= 0.6 is 23.7 Å². The summed E-state index contributed by atoms with van der Waals surface area (Å²) in [6.07, 6.45) is 3.87. The number of amides is 1. The molecule has 0 radical (unpaired) electrons. The number of rotatable bonds is 4. The van der Waals surface area contributed by atoms with Crippen LogP contribution in [0.25, 0.3) is 15.8 Å². The van der Waals surface area contributed by atoms with Gasteiger partial charge < -0.3 is 10.1 Å². The van der Waals surface area contributed by atoms with Gasteiger partial charge in [0.05, 0.1) is 10.6 Å². The Balaban J connectivity index is 0.00000231. The molecule has 6 nitrogen and oxygen atoms in total. The number of carbonyl (C=O) groups excluding carboxylic acids is 1. The van der Waals surface area contributed by atoms with Gasteiger partial charge in [-0.1, -0.05) is 6.07 Å². The van der Waals surface area contributed by atoms with Gasteiger partial charge in [-0.15, -0.1) is 23.7 Å². The molecule has 3 aromatic heterocycles. The lowest BCUT2D eigenvalue weighted by atomic mass is 10.0. The second-order valence-electron chi connectivity index (χ2n) is 6.94. The van der Waals surface area contributed by atoms with Crippen LogP contribution in [0.5, 0.6) is 5.75 Å². The molecule has 4 heterocycles. The summed E-state index contributed by atoms with van der Waals surface area (Å²) in [5, 5.41) is 3.93. The van der Waals surface area contributed by atoms with E-state index in [4.69, 9.17) is 4.74 Å². The molecule has 9 heteroatoms. The summed E-state index contributed by atoms with van der Waals surface area (Å²) in [4.78, 5) is 29.1. The molecule has 0 bridgehead atoms. The maximum atomic E-state index is 12.9. The van der Waals surface area contributed by atoms with Crippen LogP contribution < -0.4 is 15.6 Å². The Morgan fingerprint density at radius 3 is 2.81 bits per heavy atom. The van der Waals surface area contributed by atoms with Crippen LogP contribution in [0.4, 0.5) is 4.39 Å². The number of hydrogen-bond acceptors (Lipinski definition) is 5. The Bertz CT molecular complexity index is 1330. The first-order valence-electron chi connectivity index (χ1n) is 9.38. The van der Waals surface area contributed by atoms with Gasteiger partial charge in [-0.25, -0.2) is 4.98 Å². The van der Waals surface area contributed by atoms with E-state index in [0.717, 1.165) is 32.6 Å². The average Bonchev–Trinajstić information content (AvgIpc) is 3.13. The summed E-state index contributed by atoms with van der Waals surface area (Å²) in [5.74, 6) is -0.163. The number of pyridine rings is 2. The largest absolute Gasteiger partial charge is 0.489 e. The van der Waals surface area contributed by atoms with E-state index in [1.807, 2.05) is 18.2 Å². The van der Waals surface area contributed by atoms with Crippen LogP contribution in [-0.4, -0.2) is 22.0 Å². The second kappa shape index (κ2) is 8.49. The number of thiophene rings is 1. The predicted molar refractivity (Wildman–Crippen MR) is 119 cm³/mol. The summed E-state index contributed by atoms with van der Waals surface area (Å²) >= 11 is 1.45. The fourth-order valence-electron chi connectivity index (χ4n) is 3.52. The lowest BCUT2D eigenvalue weighted by Gasteiger charge is -2.12. The lowest BCUT2D eigenvalue weighted by Crippen LogP contribution is -2.30. The molecular weight excluding hydrogens is 441 g/mol. The van der Waals surface area contributed by atoms with Gasteiger partial charge in [0, 0.05) is 35.3 Å². The number of nitrogens with one attached hydrogen (secondary N) is 1. The first-order valence-corrected chi connectivity index (χ1v) is 10.2. The predicted octanol–water partition coefficient (Wildman–Crippen LogP) is 3.87. The van der Waals surface area contributed by atoms with Crippen molar-refractivity contribution < 1.29 is 13.9 Å². The van der Waals surface area contributed by atoms with E-state index in [0.29, 0.717) is 17.9 Å². The maximum absolute atomic E-state index is 12.9. The van der Waals surface area contributed by atoms with E-state index < -0.39 is 5.95 Å². The van der Waals surface area contributed by atoms with E-state index in [9.17, 15) is 14.0 Å². The zero-order valence-corrected chi connectivity index (χ0v) is 17.8. The smallest absolute Gasteiger partial charge is 0.261 e. The highest BCUT2D eigenvalue weighted by Gasteiger charge is 2.22. The molecule has 1 aliphatic rings. The molecule has 0 atom stereocenters. The zero-order valence-electron chi connectivity index (χ0n) is 16.1. The quantitative estimate of drug-likeness (QED) is 0.472. The van der Waals surface area contributed by atoms with Crippen molar-refractivity contribution in [3.05, 3.63) is 87.2 Å². The third-order valence-corrected chi connectivity index (χ3v) is 6.20. The molecule has 0 aliphatic carbocycles. The van der Waals surface area contributed by atoms with Crippen molar-refractivity contribution in [1.82, 2.24) is 14.9 Å². The highest BCUT2D eigenvalue weighted by Crippen LogP contribution is 2.34. The highest BCUT2D eigenvalue weighted by molar-refractivity contribution is 7.21.